The van der Waals surface area contributed by atoms with Crippen molar-refractivity contribution < 1.29 is 9.90 Å². The second-order valence-electron chi connectivity index (χ2n) is 1.43. The predicted octanol–water partition coefficient (Wildman–Crippen LogP) is -0.173. The zero-order valence-corrected chi connectivity index (χ0v) is 4.78. The van der Waals surface area contributed by atoms with Gasteiger partial charge in [-0.1, -0.05) is 5.11 Å². The van der Waals surface area contributed by atoms with Crippen LogP contribution in [0.3, 0.4) is 0 Å². The predicted molar refractivity (Wildman–Crippen MR) is 28.3 cm³/mol. The van der Waals surface area contributed by atoms with Crippen LogP contribution >= 0.6 is 0 Å². The zero-order chi connectivity index (χ0) is 7.11. The van der Waals surface area contributed by atoms with Crippen LogP contribution in [-0.4, -0.2) is 12.5 Å². The normalized spacial score (nSPS) is 8.00. The smallest absolute Gasteiger partial charge is 0.0414 e. The summed E-state index contributed by atoms with van der Waals surface area (Å²) in [6.07, 6.45) is 0.311. The molecule has 0 saturated carbocycles. The standard InChI is InChI=1S/C4H7N3O2/c5-7-6-3-1-2-4(8)9/h1-3H2,(H,8,9)/p-1. The second kappa shape index (κ2) is 4.93. The summed E-state index contributed by atoms with van der Waals surface area (Å²) in [6, 6.07) is 0. The number of hydrogen-bond acceptors (Lipinski definition) is 3. The van der Waals surface area contributed by atoms with E-state index in [4.69, 9.17) is 5.53 Å². The number of carboxylic acid groups (broad SMARTS) is 1. The third kappa shape index (κ3) is 6.78. The lowest BCUT2D eigenvalue weighted by Crippen LogP contribution is -2.21. The largest absolute Gasteiger partial charge is 0.550 e. The Labute approximate surface area is 51.9 Å². The molecular weight excluding hydrogens is 122 g/mol. The van der Waals surface area contributed by atoms with Crippen LogP contribution < -0.4 is 5.11 Å². The minimum absolute atomic E-state index is 0.0426. The molecule has 0 rings (SSSR count). The molecule has 50 valence electrons. The molecule has 0 aromatic heterocycles. The van der Waals surface area contributed by atoms with E-state index in [-0.39, 0.29) is 13.0 Å². The molecule has 5 nitrogen and oxygen atoms in total. The molecule has 0 aliphatic carbocycles. The van der Waals surface area contributed by atoms with Gasteiger partial charge in [0.1, 0.15) is 0 Å². The fourth-order valence-electron chi connectivity index (χ4n) is 0.339. The van der Waals surface area contributed by atoms with Crippen molar-refractivity contribution >= 4 is 5.97 Å². The first-order valence-electron chi connectivity index (χ1n) is 2.48. The molecule has 0 aromatic rings. The Kier molecular flexibility index (Phi) is 4.26. The highest BCUT2D eigenvalue weighted by atomic mass is 16.4. The number of azide groups is 1. The number of aliphatic carboxylic acids is 1. The van der Waals surface area contributed by atoms with E-state index in [0.29, 0.717) is 6.42 Å². The van der Waals surface area contributed by atoms with E-state index in [1.807, 2.05) is 0 Å². The van der Waals surface area contributed by atoms with Gasteiger partial charge in [-0.25, -0.2) is 0 Å². The molecule has 0 aliphatic rings. The molecule has 0 radical (unpaired) electrons. The van der Waals surface area contributed by atoms with Gasteiger partial charge in [0.05, 0.1) is 0 Å². The topological polar surface area (TPSA) is 88.9 Å². The molecule has 0 aliphatic heterocycles. The van der Waals surface area contributed by atoms with Crippen LogP contribution in [0, 0.1) is 0 Å². The van der Waals surface area contributed by atoms with Crippen molar-refractivity contribution in [2.24, 2.45) is 5.11 Å². The van der Waals surface area contributed by atoms with Crippen molar-refractivity contribution in [3.8, 4) is 0 Å². The van der Waals surface area contributed by atoms with E-state index in [9.17, 15) is 9.90 Å². The quantitative estimate of drug-likeness (QED) is 0.227. The molecule has 9 heavy (non-hydrogen) atoms. The number of carboxylic acids is 1. The second-order valence-corrected chi connectivity index (χ2v) is 1.43. The summed E-state index contributed by atoms with van der Waals surface area (Å²) in [5.41, 5.74) is 7.73. The van der Waals surface area contributed by atoms with Gasteiger partial charge in [0.25, 0.3) is 0 Å². The van der Waals surface area contributed by atoms with E-state index in [0.717, 1.165) is 0 Å². The third-order valence-corrected chi connectivity index (χ3v) is 0.702. The van der Waals surface area contributed by atoms with Gasteiger partial charge in [-0.3, -0.25) is 0 Å². The van der Waals surface area contributed by atoms with Gasteiger partial charge in [0.15, 0.2) is 0 Å². The van der Waals surface area contributed by atoms with E-state index in [1.165, 1.54) is 0 Å². The summed E-state index contributed by atoms with van der Waals surface area (Å²) in [5.74, 6) is -1.11. The lowest BCUT2D eigenvalue weighted by atomic mass is 10.3. The Bertz CT molecular complexity index is 137. The van der Waals surface area contributed by atoms with Gasteiger partial charge in [-0.05, 0) is 18.4 Å². The summed E-state index contributed by atoms with van der Waals surface area (Å²) in [5, 5.41) is 12.8. The molecule has 0 spiro atoms. The van der Waals surface area contributed by atoms with Crippen LogP contribution in [-0.2, 0) is 4.79 Å². The molecular formula is C4H6N3O2-. The summed E-state index contributed by atoms with van der Waals surface area (Å²) in [7, 11) is 0. The van der Waals surface area contributed by atoms with Crippen molar-refractivity contribution in [3.63, 3.8) is 0 Å². The summed E-state index contributed by atoms with van der Waals surface area (Å²) < 4.78 is 0. The van der Waals surface area contributed by atoms with E-state index in [1.54, 1.807) is 0 Å². The van der Waals surface area contributed by atoms with Gasteiger partial charge >= 0.3 is 0 Å². The van der Waals surface area contributed by atoms with Crippen molar-refractivity contribution in [3.05, 3.63) is 10.4 Å². The lowest BCUT2D eigenvalue weighted by molar-refractivity contribution is -0.305. The highest BCUT2D eigenvalue weighted by Crippen LogP contribution is 1.86. The van der Waals surface area contributed by atoms with E-state index >= 15 is 0 Å². The molecule has 0 bridgehead atoms. The molecule has 0 atom stereocenters. The van der Waals surface area contributed by atoms with Crippen LogP contribution in [0.4, 0.5) is 0 Å². The SMILES string of the molecule is [N-]=[N+]=NCCCC(=O)[O-]. The maximum Gasteiger partial charge on any atom is 0.0414 e. The first-order valence-corrected chi connectivity index (χ1v) is 2.48. The highest BCUT2D eigenvalue weighted by Gasteiger charge is 1.83. The zero-order valence-electron chi connectivity index (χ0n) is 4.78. The first kappa shape index (κ1) is 7.78. The van der Waals surface area contributed by atoms with Gasteiger partial charge in [0.2, 0.25) is 0 Å². The van der Waals surface area contributed by atoms with Crippen molar-refractivity contribution in [2.75, 3.05) is 6.54 Å². The molecule has 0 amide bonds. The Balaban J connectivity index is 3.10. The number of carbonyl (C=O) groups is 1. The molecule has 0 N–H and O–H groups in total. The van der Waals surface area contributed by atoms with Gasteiger partial charge in [-0.2, -0.15) is 0 Å². The van der Waals surface area contributed by atoms with E-state index in [2.05, 4.69) is 10.0 Å². The maximum atomic E-state index is 9.72. The van der Waals surface area contributed by atoms with Gasteiger partial charge in [-0.15, -0.1) is 0 Å². The monoisotopic (exact) mass is 128 g/mol. The van der Waals surface area contributed by atoms with Crippen LogP contribution in [0.5, 0.6) is 0 Å². The van der Waals surface area contributed by atoms with Crippen LogP contribution in [0.1, 0.15) is 12.8 Å². The fourth-order valence-corrected chi connectivity index (χ4v) is 0.339. The lowest BCUT2D eigenvalue weighted by Gasteiger charge is -1.95. The minimum Gasteiger partial charge on any atom is -0.550 e. The fraction of sp³-hybridized carbons (Fsp3) is 0.750. The Morgan fingerprint density at radius 1 is 1.78 bits per heavy atom. The average Bonchev–Trinajstić information content (AvgIpc) is 1.80. The van der Waals surface area contributed by atoms with Crippen LogP contribution in [0.2, 0.25) is 0 Å². The summed E-state index contributed by atoms with van der Waals surface area (Å²) in [4.78, 5) is 12.2. The summed E-state index contributed by atoms with van der Waals surface area (Å²) >= 11 is 0. The number of nitrogens with zero attached hydrogens (tertiary/aromatic N) is 3. The van der Waals surface area contributed by atoms with Crippen molar-refractivity contribution in [2.45, 2.75) is 12.8 Å². The Morgan fingerprint density at radius 2 is 2.44 bits per heavy atom. The molecule has 0 heterocycles. The maximum absolute atomic E-state index is 9.72. The Morgan fingerprint density at radius 3 is 2.89 bits per heavy atom. The minimum atomic E-state index is -1.11. The number of hydrogen-bond donors (Lipinski definition) is 0. The highest BCUT2D eigenvalue weighted by molar-refractivity contribution is 5.64. The van der Waals surface area contributed by atoms with E-state index < -0.39 is 5.97 Å². The molecule has 0 saturated heterocycles. The van der Waals surface area contributed by atoms with Gasteiger partial charge in [0, 0.05) is 17.4 Å². The Hall–Kier alpha value is -1.22. The molecule has 0 aromatic carbocycles. The van der Waals surface area contributed by atoms with Crippen LogP contribution in [0.15, 0.2) is 5.11 Å². The molecule has 0 unspecified atom stereocenters. The van der Waals surface area contributed by atoms with Crippen molar-refractivity contribution in [1.82, 2.24) is 0 Å². The number of carbonyl (C=O) groups excluding carboxylic acids is 1. The van der Waals surface area contributed by atoms with Crippen molar-refractivity contribution in [1.29, 1.82) is 0 Å². The number of rotatable bonds is 4. The van der Waals surface area contributed by atoms with Gasteiger partial charge < -0.3 is 9.90 Å². The van der Waals surface area contributed by atoms with Crippen LogP contribution in [0.25, 0.3) is 10.4 Å². The summed E-state index contributed by atoms with van der Waals surface area (Å²) in [6.45, 7) is 0.227. The molecule has 0 fully saturated rings. The third-order valence-electron chi connectivity index (χ3n) is 0.702. The average molecular weight is 128 g/mol. The molecule has 5 heteroatoms. The first-order chi connectivity index (χ1) is 4.27.